The lowest BCUT2D eigenvalue weighted by atomic mass is 10.1. The molecule has 3 nitrogen and oxygen atoms in total. The average molecular weight is 220 g/mol. The first-order valence-electron chi connectivity index (χ1n) is 5.72. The van der Waals surface area contributed by atoms with Gasteiger partial charge in [-0.15, -0.1) is 0 Å². The number of hydrogen-bond donors (Lipinski definition) is 2. The van der Waals surface area contributed by atoms with Gasteiger partial charge >= 0.3 is 0 Å². The third-order valence-corrected chi connectivity index (χ3v) is 2.55. The number of aryl methyl sites for hydroxylation is 1. The summed E-state index contributed by atoms with van der Waals surface area (Å²) in [6, 6.07) is 7.81. The summed E-state index contributed by atoms with van der Waals surface area (Å²) in [6.45, 7) is 7.56. The van der Waals surface area contributed by atoms with Gasteiger partial charge in [0.1, 0.15) is 0 Å². The highest BCUT2D eigenvalue weighted by Gasteiger charge is 2.12. The molecule has 0 saturated heterocycles. The number of rotatable bonds is 5. The topological polar surface area (TPSA) is 41.1 Å². The summed E-state index contributed by atoms with van der Waals surface area (Å²) in [5.74, 6) is 0.0507. The fraction of sp³-hybridized carbons (Fsp3) is 0.462. The Kier molecular flexibility index (Phi) is 4.99. The molecule has 0 spiro atoms. The standard InChI is InChI=1S/C13H20N2O/c1-4-14-9-11(3)13(16)15-12-8-6-5-7-10(12)2/h5-8,11,14H,4,9H2,1-3H3,(H,15,16). The highest BCUT2D eigenvalue weighted by molar-refractivity contribution is 5.93. The minimum absolute atomic E-state index is 0.0143. The summed E-state index contributed by atoms with van der Waals surface area (Å²) in [5, 5.41) is 6.11. The van der Waals surface area contributed by atoms with Crippen molar-refractivity contribution < 1.29 is 4.79 Å². The third-order valence-electron chi connectivity index (χ3n) is 2.55. The second-order valence-corrected chi connectivity index (χ2v) is 4.01. The van der Waals surface area contributed by atoms with E-state index in [2.05, 4.69) is 10.6 Å². The molecule has 1 aromatic carbocycles. The maximum Gasteiger partial charge on any atom is 0.228 e. The maximum atomic E-state index is 11.8. The second kappa shape index (κ2) is 6.28. The molecule has 0 fully saturated rings. The molecule has 0 heterocycles. The highest BCUT2D eigenvalue weighted by Crippen LogP contribution is 2.14. The molecule has 0 bridgehead atoms. The van der Waals surface area contributed by atoms with Crippen molar-refractivity contribution in [2.75, 3.05) is 18.4 Å². The number of carbonyl (C=O) groups excluding carboxylic acids is 1. The molecule has 1 amide bonds. The lowest BCUT2D eigenvalue weighted by Gasteiger charge is -2.13. The molecular formula is C13H20N2O. The molecule has 0 radical (unpaired) electrons. The molecule has 0 aliphatic rings. The van der Waals surface area contributed by atoms with Crippen molar-refractivity contribution in [3.05, 3.63) is 29.8 Å². The minimum Gasteiger partial charge on any atom is -0.326 e. The summed E-state index contributed by atoms with van der Waals surface area (Å²) in [6.07, 6.45) is 0. The van der Waals surface area contributed by atoms with Crippen molar-refractivity contribution in [3.8, 4) is 0 Å². The number of anilines is 1. The molecule has 1 rings (SSSR count). The van der Waals surface area contributed by atoms with Crippen molar-refractivity contribution in [1.82, 2.24) is 5.32 Å². The van der Waals surface area contributed by atoms with Crippen LogP contribution in [0.25, 0.3) is 0 Å². The molecule has 0 aliphatic carbocycles. The largest absolute Gasteiger partial charge is 0.326 e. The van der Waals surface area contributed by atoms with Crippen molar-refractivity contribution in [1.29, 1.82) is 0 Å². The van der Waals surface area contributed by atoms with Crippen molar-refractivity contribution in [3.63, 3.8) is 0 Å². The Morgan fingerprint density at radius 3 is 2.69 bits per heavy atom. The Hall–Kier alpha value is -1.35. The normalized spacial score (nSPS) is 12.2. The van der Waals surface area contributed by atoms with E-state index in [0.29, 0.717) is 6.54 Å². The molecular weight excluding hydrogens is 200 g/mol. The molecule has 1 aromatic rings. The van der Waals surface area contributed by atoms with Crippen LogP contribution in [0, 0.1) is 12.8 Å². The number of carbonyl (C=O) groups is 1. The van der Waals surface area contributed by atoms with Crippen LogP contribution in [0.5, 0.6) is 0 Å². The van der Waals surface area contributed by atoms with Crippen LogP contribution in [0.3, 0.4) is 0 Å². The predicted octanol–water partition coefficient (Wildman–Crippen LogP) is 2.18. The monoisotopic (exact) mass is 220 g/mol. The molecule has 1 unspecified atom stereocenters. The van der Waals surface area contributed by atoms with Gasteiger partial charge in [-0.05, 0) is 25.1 Å². The van der Waals surface area contributed by atoms with Gasteiger partial charge in [-0.25, -0.2) is 0 Å². The highest BCUT2D eigenvalue weighted by atomic mass is 16.1. The number of nitrogens with one attached hydrogen (secondary N) is 2. The summed E-state index contributed by atoms with van der Waals surface area (Å²) in [4.78, 5) is 11.8. The van der Waals surface area contributed by atoms with Crippen LogP contribution in [0.1, 0.15) is 19.4 Å². The first-order valence-corrected chi connectivity index (χ1v) is 5.72. The first-order chi connectivity index (χ1) is 7.65. The van der Waals surface area contributed by atoms with Crippen LogP contribution in [-0.4, -0.2) is 19.0 Å². The van der Waals surface area contributed by atoms with Gasteiger partial charge in [-0.2, -0.15) is 0 Å². The fourth-order valence-electron chi connectivity index (χ4n) is 1.42. The van der Waals surface area contributed by atoms with E-state index in [9.17, 15) is 4.79 Å². The van der Waals surface area contributed by atoms with Crippen molar-refractivity contribution in [2.45, 2.75) is 20.8 Å². The second-order valence-electron chi connectivity index (χ2n) is 4.01. The van der Waals surface area contributed by atoms with Gasteiger partial charge in [0, 0.05) is 18.2 Å². The van der Waals surface area contributed by atoms with E-state index in [-0.39, 0.29) is 11.8 Å². The van der Waals surface area contributed by atoms with Crippen molar-refractivity contribution >= 4 is 11.6 Å². The van der Waals surface area contributed by atoms with E-state index in [1.165, 1.54) is 0 Å². The molecule has 3 heteroatoms. The van der Waals surface area contributed by atoms with Gasteiger partial charge in [-0.1, -0.05) is 32.0 Å². The van der Waals surface area contributed by atoms with E-state index in [4.69, 9.17) is 0 Å². The summed E-state index contributed by atoms with van der Waals surface area (Å²) in [7, 11) is 0. The summed E-state index contributed by atoms with van der Waals surface area (Å²) < 4.78 is 0. The first kappa shape index (κ1) is 12.7. The summed E-state index contributed by atoms with van der Waals surface area (Å²) >= 11 is 0. The van der Waals surface area contributed by atoms with Crippen LogP contribution in [0.15, 0.2) is 24.3 Å². The molecule has 0 aliphatic heterocycles. The van der Waals surface area contributed by atoms with Gasteiger partial charge in [-0.3, -0.25) is 4.79 Å². The molecule has 0 saturated carbocycles. The van der Waals surface area contributed by atoms with Crippen LogP contribution in [-0.2, 0) is 4.79 Å². The van der Waals surface area contributed by atoms with Crippen molar-refractivity contribution in [2.24, 2.45) is 5.92 Å². The average Bonchev–Trinajstić information content (AvgIpc) is 2.28. The molecule has 0 aromatic heterocycles. The Morgan fingerprint density at radius 2 is 2.06 bits per heavy atom. The van der Waals surface area contributed by atoms with Gasteiger partial charge in [0.15, 0.2) is 0 Å². The quantitative estimate of drug-likeness (QED) is 0.798. The molecule has 1 atom stereocenters. The number of amides is 1. The molecule has 2 N–H and O–H groups in total. The number of para-hydroxylation sites is 1. The maximum absolute atomic E-state index is 11.8. The van der Waals surface area contributed by atoms with Gasteiger partial charge in [0.2, 0.25) is 5.91 Å². The van der Waals surface area contributed by atoms with Crippen LogP contribution in [0.2, 0.25) is 0 Å². The number of benzene rings is 1. The van der Waals surface area contributed by atoms with E-state index in [0.717, 1.165) is 17.8 Å². The van der Waals surface area contributed by atoms with E-state index < -0.39 is 0 Å². The Bertz CT molecular complexity index is 350. The lowest BCUT2D eigenvalue weighted by molar-refractivity contribution is -0.119. The van der Waals surface area contributed by atoms with Gasteiger partial charge < -0.3 is 10.6 Å². The third kappa shape index (κ3) is 3.66. The summed E-state index contributed by atoms with van der Waals surface area (Å²) in [5.41, 5.74) is 1.99. The van der Waals surface area contributed by atoms with Crippen LogP contribution in [0.4, 0.5) is 5.69 Å². The smallest absolute Gasteiger partial charge is 0.228 e. The zero-order valence-electron chi connectivity index (χ0n) is 10.2. The van der Waals surface area contributed by atoms with E-state index >= 15 is 0 Å². The van der Waals surface area contributed by atoms with E-state index in [1.54, 1.807) is 0 Å². The SMILES string of the molecule is CCNCC(C)C(=O)Nc1ccccc1C. The fourth-order valence-corrected chi connectivity index (χ4v) is 1.42. The van der Waals surface area contributed by atoms with Gasteiger partial charge in [0.25, 0.3) is 0 Å². The Morgan fingerprint density at radius 1 is 1.38 bits per heavy atom. The van der Waals surface area contributed by atoms with Crippen LogP contribution < -0.4 is 10.6 Å². The number of hydrogen-bond acceptors (Lipinski definition) is 2. The van der Waals surface area contributed by atoms with Crippen LogP contribution >= 0.6 is 0 Å². The zero-order chi connectivity index (χ0) is 12.0. The Labute approximate surface area is 97.2 Å². The zero-order valence-corrected chi connectivity index (χ0v) is 10.2. The Balaban J connectivity index is 2.54. The molecule has 16 heavy (non-hydrogen) atoms. The van der Waals surface area contributed by atoms with E-state index in [1.807, 2.05) is 45.0 Å². The lowest BCUT2D eigenvalue weighted by Crippen LogP contribution is -2.30. The van der Waals surface area contributed by atoms with Gasteiger partial charge in [0.05, 0.1) is 0 Å². The minimum atomic E-state index is -0.0143. The predicted molar refractivity (Wildman–Crippen MR) is 67.5 cm³/mol. The molecule has 88 valence electrons.